The number of rotatable bonds is 3. The molecule has 0 amide bonds. The summed E-state index contributed by atoms with van der Waals surface area (Å²) in [5.41, 5.74) is 2.55. The van der Waals surface area contributed by atoms with Crippen LogP contribution in [0.4, 0.5) is 0 Å². The molecule has 2 aromatic rings. The summed E-state index contributed by atoms with van der Waals surface area (Å²) in [4.78, 5) is 4.40. The summed E-state index contributed by atoms with van der Waals surface area (Å²) >= 11 is 0. The molecule has 0 aliphatic heterocycles. The zero-order valence-electron chi connectivity index (χ0n) is 9.18. The molecule has 0 bridgehead atoms. The first-order chi connectivity index (χ1) is 7.85. The minimum atomic E-state index is 0.606. The summed E-state index contributed by atoms with van der Waals surface area (Å²) in [5.74, 6) is 0.606. The van der Waals surface area contributed by atoms with E-state index in [1.165, 1.54) is 0 Å². The predicted molar refractivity (Wildman–Crippen MR) is 67.0 cm³/mol. The molecule has 1 aromatic carbocycles. The lowest BCUT2D eigenvalue weighted by Crippen LogP contribution is -1.78. The molecule has 0 spiro atoms. The molecular formula is C14H13NO. The van der Waals surface area contributed by atoms with Gasteiger partial charge in [0.15, 0.2) is 5.58 Å². The minimum absolute atomic E-state index is 0.606. The van der Waals surface area contributed by atoms with Crippen molar-refractivity contribution in [3.05, 3.63) is 61.0 Å². The van der Waals surface area contributed by atoms with Crippen LogP contribution in [-0.4, -0.2) is 4.98 Å². The van der Waals surface area contributed by atoms with Crippen LogP contribution in [0.15, 0.2) is 59.6 Å². The van der Waals surface area contributed by atoms with E-state index >= 15 is 0 Å². The Hall–Kier alpha value is -2.09. The molecule has 0 aliphatic carbocycles. The molecule has 0 radical (unpaired) electrons. The Kier molecular flexibility index (Phi) is 3.01. The van der Waals surface area contributed by atoms with Crippen molar-refractivity contribution in [2.24, 2.45) is 0 Å². The molecule has 0 fully saturated rings. The van der Waals surface area contributed by atoms with Gasteiger partial charge in [-0.15, -0.1) is 0 Å². The third-order valence-corrected chi connectivity index (χ3v) is 2.23. The minimum Gasteiger partial charge on any atom is -0.436 e. The highest BCUT2D eigenvalue weighted by Crippen LogP contribution is 2.21. The van der Waals surface area contributed by atoms with Gasteiger partial charge in [-0.3, -0.25) is 0 Å². The number of oxazole rings is 1. The Balaban J connectivity index is 2.49. The van der Waals surface area contributed by atoms with Crippen molar-refractivity contribution in [2.75, 3.05) is 0 Å². The first-order valence-electron chi connectivity index (χ1n) is 5.16. The summed E-state index contributed by atoms with van der Waals surface area (Å²) in [6.45, 7) is 5.72. The van der Waals surface area contributed by atoms with Gasteiger partial charge in [0, 0.05) is 5.57 Å². The zero-order valence-corrected chi connectivity index (χ0v) is 9.18. The third kappa shape index (κ3) is 1.96. The standard InChI is InChI=1S/C14H13NO/c1-3-5-8-11(4-2)14-15-12-9-6-7-10-13(12)16-14/h3-10H,2H2,1H3/b5-3-,11-8+. The Bertz CT molecular complexity index is 528. The second-order valence-electron chi connectivity index (χ2n) is 3.34. The van der Waals surface area contributed by atoms with Crippen LogP contribution in [-0.2, 0) is 0 Å². The average molecular weight is 211 g/mol. The summed E-state index contributed by atoms with van der Waals surface area (Å²) in [5, 5.41) is 0. The fourth-order valence-corrected chi connectivity index (χ4v) is 1.42. The Morgan fingerprint density at radius 3 is 2.88 bits per heavy atom. The highest BCUT2D eigenvalue weighted by molar-refractivity contribution is 5.78. The Morgan fingerprint density at radius 2 is 2.19 bits per heavy atom. The van der Waals surface area contributed by atoms with Gasteiger partial charge >= 0.3 is 0 Å². The van der Waals surface area contributed by atoms with Crippen molar-refractivity contribution >= 4 is 16.7 Å². The summed E-state index contributed by atoms with van der Waals surface area (Å²) in [6.07, 6.45) is 7.56. The maximum absolute atomic E-state index is 5.63. The van der Waals surface area contributed by atoms with Crippen LogP contribution >= 0.6 is 0 Å². The van der Waals surface area contributed by atoms with Crippen molar-refractivity contribution in [3.63, 3.8) is 0 Å². The average Bonchev–Trinajstić information content (AvgIpc) is 2.73. The second-order valence-corrected chi connectivity index (χ2v) is 3.34. The molecule has 80 valence electrons. The lowest BCUT2D eigenvalue weighted by atomic mass is 10.2. The van der Waals surface area contributed by atoms with Crippen LogP contribution in [0.2, 0.25) is 0 Å². The number of benzene rings is 1. The predicted octanol–water partition coefficient (Wildman–Crippen LogP) is 3.97. The number of allylic oxidation sites excluding steroid dienone is 5. The fraction of sp³-hybridized carbons (Fsp3) is 0.0714. The van der Waals surface area contributed by atoms with E-state index in [2.05, 4.69) is 11.6 Å². The van der Waals surface area contributed by atoms with Crippen molar-refractivity contribution < 1.29 is 4.42 Å². The van der Waals surface area contributed by atoms with Crippen LogP contribution in [0.1, 0.15) is 12.8 Å². The first kappa shape index (κ1) is 10.4. The van der Waals surface area contributed by atoms with Gasteiger partial charge in [-0.05, 0) is 25.1 Å². The smallest absolute Gasteiger partial charge is 0.227 e. The Labute approximate surface area is 94.6 Å². The molecule has 16 heavy (non-hydrogen) atoms. The maximum atomic E-state index is 5.63. The van der Waals surface area contributed by atoms with Crippen LogP contribution in [0, 0.1) is 0 Å². The molecule has 1 heterocycles. The van der Waals surface area contributed by atoms with E-state index in [4.69, 9.17) is 4.42 Å². The van der Waals surface area contributed by atoms with E-state index < -0.39 is 0 Å². The fourth-order valence-electron chi connectivity index (χ4n) is 1.42. The van der Waals surface area contributed by atoms with E-state index in [0.717, 1.165) is 16.7 Å². The van der Waals surface area contributed by atoms with E-state index in [9.17, 15) is 0 Å². The van der Waals surface area contributed by atoms with Crippen molar-refractivity contribution in [3.8, 4) is 0 Å². The normalized spacial score (nSPS) is 12.4. The number of fused-ring (bicyclic) bond motifs is 1. The van der Waals surface area contributed by atoms with Crippen molar-refractivity contribution in [1.82, 2.24) is 4.98 Å². The molecule has 2 nitrogen and oxygen atoms in total. The monoisotopic (exact) mass is 211 g/mol. The topological polar surface area (TPSA) is 26.0 Å². The number of para-hydroxylation sites is 2. The quantitative estimate of drug-likeness (QED) is 0.718. The highest BCUT2D eigenvalue weighted by Gasteiger charge is 2.06. The molecule has 0 saturated heterocycles. The van der Waals surface area contributed by atoms with Gasteiger partial charge in [0.2, 0.25) is 5.89 Å². The van der Waals surface area contributed by atoms with Gasteiger partial charge < -0.3 is 4.42 Å². The molecule has 0 unspecified atom stereocenters. The van der Waals surface area contributed by atoms with Gasteiger partial charge in [-0.2, -0.15) is 0 Å². The number of hydrogen-bond acceptors (Lipinski definition) is 2. The van der Waals surface area contributed by atoms with E-state index in [1.54, 1.807) is 6.08 Å². The van der Waals surface area contributed by atoms with Gasteiger partial charge in [-0.1, -0.05) is 36.9 Å². The lowest BCUT2D eigenvalue weighted by Gasteiger charge is -1.91. The molecule has 2 rings (SSSR count). The number of hydrogen-bond donors (Lipinski definition) is 0. The van der Waals surface area contributed by atoms with E-state index in [1.807, 2.05) is 49.4 Å². The molecule has 0 atom stereocenters. The number of aromatic nitrogens is 1. The van der Waals surface area contributed by atoms with Crippen molar-refractivity contribution in [1.29, 1.82) is 0 Å². The highest BCUT2D eigenvalue weighted by atomic mass is 16.3. The van der Waals surface area contributed by atoms with Gasteiger partial charge in [0.05, 0.1) is 0 Å². The number of nitrogens with zero attached hydrogens (tertiary/aromatic N) is 1. The van der Waals surface area contributed by atoms with Crippen molar-refractivity contribution in [2.45, 2.75) is 6.92 Å². The third-order valence-electron chi connectivity index (χ3n) is 2.23. The summed E-state index contributed by atoms with van der Waals surface area (Å²) in [6, 6.07) is 7.71. The molecule has 1 aromatic heterocycles. The molecule has 0 N–H and O–H groups in total. The Morgan fingerprint density at radius 1 is 1.38 bits per heavy atom. The summed E-state index contributed by atoms with van der Waals surface area (Å²) in [7, 11) is 0. The van der Waals surface area contributed by atoms with E-state index in [-0.39, 0.29) is 0 Å². The van der Waals surface area contributed by atoms with Gasteiger partial charge in [0.25, 0.3) is 0 Å². The first-order valence-corrected chi connectivity index (χ1v) is 5.16. The zero-order chi connectivity index (χ0) is 11.4. The van der Waals surface area contributed by atoms with E-state index in [0.29, 0.717) is 5.89 Å². The van der Waals surface area contributed by atoms with Crippen LogP contribution in [0.5, 0.6) is 0 Å². The van der Waals surface area contributed by atoms with Gasteiger partial charge in [-0.25, -0.2) is 4.98 Å². The van der Waals surface area contributed by atoms with Gasteiger partial charge in [0.1, 0.15) is 5.52 Å². The SMILES string of the molecule is C=C/C(=C\C=C/C)c1nc2ccccc2o1. The molecular weight excluding hydrogens is 198 g/mol. The maximum Gasteiger partial charge on any atom is 0.227 e. The molecule has 0 saturated carbocycles. The molecule has 0 aliphatic rings. The lowest BCUT2D eigenvalue weighted by molar-refractivity contribution is 0.586. The molecule has 2 heteroatoms. The second kappa shape index (κ2) is 4.62. The van der Waals surface area contributed by atoms with Crippen LogP contribution < -0.4 is 0 Å². The largest absolute Gasteiger partial charge is 0.436 e. The summed E-state index contributed by atoms with van der Waals surface area (Å²) < 4.78 is 5.63. The van der Waals surface area contributed by atoms with Crippen LogP contribution in [0.25, 0.3) is 16.7 Å². The van der Waals surface area contributed by atoms with Crippen LogP contribution in [0.3, 0.4) is 0 Å².